The van der Waals surface area contributed by atoms with Gasteiger partial charge in [-0.1, -0.05) is 34.5 Å². The Kier molecular flexibility index (Phi) is 1.90. The molecule has 0 atom stereocenters. The summed E-state index contributed by atoms with van der Waals surface area (Å²) in [5.41, 5.74) is 0.616. The number of hydrogen-bond acceptors (Lipinski definition) is 2. The Bertz CT molecular complexity index is 469. The number of halogens is 2. The summed E-state index contributed by atoms with van der Waals surface area (Å²) in [5, 5.41) is 8.12. The molecule has 3 nitrogen and oxygen atoms in total. The van der Waals surface area contributed by atoms with Gasteiger partial charge in [0, 0.05) is 0 Å². The molecule has 13 heavy (non-hydrogen) atoms. The zero-order valence-electron chi connectivity index (χ0n) is 7.41. The van der Waals surface area contributed by atoms with Crippen molar-refractivity contribution in [1.29, 1.82) is 0 Å². The van der Waals surface area contributed by atoms with E-state index in [9.17, 15) is 0 Å². The van der Waals surface area contributed by atoms with E-state index in [0.29, 0.717) is 15.7 Å². The molecule has 2 aromatic rings. The highest BCUT2D eigenvalue weighted by molar-refractivity contribution is 6.43. The average Bonchev–Trinajstić information content (AvgIpc) is 2.57. The Labute approximate surface area is 86.3 Å². The Balaban J connectivity index is 2.57. The molecule has 0 radical (unpaired) electrons. The molecule has 1 heterocycles. The van der Waals surface area contributed by atoms with Crippen LogP contribution >= 0.6 is 23.2 Å². The summed E-state index contributed by atoms with van der Waals surface area (Å²) in [6.45, 7) is 0. The second-order valence-electron chi connectivity index (χ2n) is 2.37. The predicted molar refractivity (Wildman–Crippen MR) is 51.4 cm³/mol. The van der Waals surface area contributed by atoms with Gasteiger partial charge in [0.1, 0.15) is 0 Å². The van der Waals surface area contributed by atoms with Crippen LogP contribution in [0.5, 0.6) is 0 Å². The van der Waals surface area contributed by atoms with Crippen molar-refractivity contribution >= 4 is 23.2 Å². The first-order valence-corrected chi connectivity index (χ1v) is 4.27. The number of benzene rings is 1. The van der Waals surface area contributed by atoms with Crippen molar-refractivity contribution in [3.8, 4) is 5.69 Å². The van der Waals surface area contributed by atoms with Gasteiger partial charge < -0.3 is 0 Å². The van der Waals surface area contributed by atoms with Crippen LogP contribution in [0.2, 0.25) is 10.0 Å². The lowest BCUT2D eigenvalue weighted by Crippen LogP contribution is -1.95. The summed E-state index contributed by atoms with van der Waals surface area (Å²) in [4.78, 5) is 0. The van der Waals surface area contributed by atoms with Gasteiger partial charge in [0.2, 0.25) is 0 Å². The van der Waals surface area contributed by atoms with Crippen LogP contribution in [0.3, 0.4) is 0 Å². The van der Waals surface area contributed by atoms with Crippen molar-refractivity contribution in [2.24, 2.45) is 0 Å². The Morgan fingerprint density at radius 3 is 2.92 bits per heavy atom. The van der Waals surface area contributed by atoms with Crippen molar-refractivity contribution < 1.29 is 1.37 Å². The maximum Gasteiger partial charge on any atom is 0.0877 e. The summed E-state index contributed by atoms with van der Waals surface area (Å²) in [6.07, 6.45) is 1.54. The van der Waals surface area contributed by atoms with Crippen molar-refractivity contribution in [1.82, 2.24) is 15.0 Å². The van der Waals surface area contributed by atoms with Gasteiger partial charge in [-0.15, -0.1) is 5.10 Å². The average molecular weight is 215 g/mol. The molecule has 0 spiro atoms. The molecule has 66 valence electrons. The Hall–Kier alpha value is -1.06. The first kappa shape index (κ1) is 7.35. The van der Waals surface area contributed by atoms with E-state index in [1.165, 1.54) is 10.9 Å². The van der Waals surface area contributed by atoms with Crippen molar-refractivity contribution in [2.45, 2.75) is 0 Å². The molecule has 0 unspecified atom stereocenters. The lowest BCUT2D eigenvalue weighted by molar-refractivity contribution is 0.803. The molecule has 1 aromatic carbocycles. The summed E-state index contributed by atoms with van der Waals surface area (Å²) in [6, 6.07) is 5.20. The minimum Gasteiger partial charge on any atom is -0.219 e. The maximum absolute atomic E-state index is 7.22. The van der Waals surface area contributed by atoms with Gasteiger partial charge in [-0.05, 0) is 12.1 Å². The summed E-state index contributed by atoms with van der Waals surface area (Å²) < 4.78 is 8.63. The third kappa shape index (κ3) is 1.53. The van der Waals surface area contributed by atoms with Crippen molar-refractivity contribution in [3.63, 3.8) is 0 Å². The molecular formula is C8H5Cl2N3. The van der Waals surface area contributed by atoms with Gasteiger partial charge in [-0.2, -0.15) is 0 Å². The molecule has 2 rings (SSSR count). The van der Waals surface area contributed by atoms with Crippen LogP contribution < -0.4 is 0 Å². The second-order valence-corrected chi connectivity index (χ2v) is 3.15. The van der Waals surface area contributed by atoms with E-state index in [2.05, 4.69) is 10.3 Å². The van der Waals surface area contributed by atoms with Crippen LogP contribution in [-0.2, 0) is 0 Å². The Morgan fingerprint density at radius 1 is 1.38 bits per heavy atom. The quantitative estimate of drug-likeness (QED) is 0.731. The Morgan fingerprint density at radius 2 is 2.23 bits per heavy atom. The second kappa shape index (κ2) is 3.36. The van der Waals surface area contributed by atoms with Crippen LogP contribution in [0, 0.1) is 0 Å². The van der Waals surface area contributed by atoms with Crippen molar-refractivity contribution in [3.05, 3.63) is 40.6 Å². The van der Waals surface area contributed by atoms with E-state index in [1.807, 2.05) is 0 Å². The van der Waals surface area contributed by atoms with Gasteiger partial charge in [-0.3, -0.25) is 0 Å². The molecule has 0 aliphatic heterocycles. The van der Waals surface area contributed by atoms with Crippen LogP contribution in [0.15, 0.2) is 30.6 Å². The van der Waals surface area contributed by atoms with E-state index in [1.54, 1.807) is 18.2 Å². The fraction of sp³-hybridized carbons (Fsp3) is 0. The van der Waals surface area contributed by atoms with E-state index < -0.39 is 0 Å². The van der Waals surface area contributed by atoms with Crippen LogP contribution in [0.1, 0.15) is 1.37 Å². The minimum atomic E-state index is 0.0843. The van der Waals surface area contributed by atoms with Gasteiger partial charge in [-0.25, -0.2) is 4.68 Å². The summed E-state index contributed by atoms with van der Waals surface area (Å²) in [5.74, 6) is 0. The molecule has 0 aliphatic carbocycles. The summed E-state index contributed by atoms with van der Waals surface area (Å²) >= 11 is 11.8. The number of rotatable bonds is 1. The summed E-state index contributed by atoms with van der Waals surface area (Å²) in [7, 11) is 0. The van der Waals surface area contributed by atoms with Gasteiger partial charge in [0.25, 0.3) is 0 Å². The third-order valence-electron chi connectivity index (χ3n) is 1.56. The predicted octanol–water partition coefficient (Wildman–Crippen LogP) is 2.57. The van der Waals surface area contributed by atoms with Crippen LogP contribution in [0.25, 0.3) is 5.69 Å². The molecule has 0 amide bonds. The highest BCUT2D eigenvalue weighted by Gasteiger charge is 2.05. The lowest BCUT2D eigenvalue weighted by Gasteiger charge is -2.03. The number of nitrogens with zero attached hydrogens (tertiary/aromatic N) is 3. The molecule has 0 saturated heterocycles. The first-order chi connectivity index (χ1) is 6.68. The molecule has 0 saturated carbocycles. The molecule has 1 aromatic heterocycles. The molecule has 0 aliphatic rings. The largest absolute Gasteiger partial charge is 0.219 e. The first-order valence-electron chi connectivity index (χ1n) is 4.02. The zero-order valence-corrected chi connectivity index (χ0v) is 7.92. The highest BCUT2D eigenvalue weighted by Crippen LogP contribution is 2.27. The van der Waals surface area contributed by atoms with E-state index in [-0.39, 0.29) is 6.17 Å². The van der Waals surface area contributed by atoms with E-state index in [0.717, 1.165) is 0 Å². The topological polar surface area (TPSA) is 30.7 Å². The standard InChI is InChI=1S/C8H5Cl2N3/c9-6-2-1-3-7(8(6)10)13-5-4-11-12-13/h1-5H/i4D. The molecule has 0 bridgehead atoms. The number of aromatic nitrogens is 3. The molecule has 0 N–H and O–H groups in total. The zero-order chi connectivity index (χ0) is 10.1. The fourth-order valence-corrected chi connectivity index (χ4v) is 1.35. The molecule has 5 heteroatoms. The SMILES string of the molecule is [2H]c1cn(-c2cccc(Cl)c2Cl)nn1. The van der Waals surface area contributed by atoms with E-state index >= 15 is 0 Å². The highest BCUT2D eigenvalue weighted by atomic mass is 35.5. The van der Waals surface area contributed by atoms with Gasteiger partial charge >= 0.3 is 0 Å². The smallest absolute Gasteiger partial charge is 0.0877 e. The monoisotopic (exact) mass is 214 g/mol. The molecule has 0 fully saturated rings. The van der Waals surface area contributed by atoms with Gasteiger partial charge in [0.15, 0.2) is 0 Å². The molecular weight excluding hydrogens is 209 g/mol. The maximum atomic E-state index is 7.22. The normalized spacial score (nSPS) is 11.4. The van der Waals surface area contributed by atoms with E-state index in [4.69, 9.17) is 24.6 Å². The third-order valence-corrected chi connectivity index (χ3v) is 2.37. The van der Waals surface area contributed by atoms with Crippen LogP contribution in [0.4, 0.5) is 0 Å². The minimum absolute atomic E-state index is 0.0843. The van der Waals surface area contributed by atoms with Crippen LogP contribution in [-0.4, -0.2) is 15.0 Å². The fourth-order valence-electron chi connectivity index (χ4n) is 0.967. The van der Waals surface area contributed by atoms with Gasteiger partial charge in [0.05, 0.1) is 29.5 Å². The van der Waals surface area contributed by atoms with Crippen molar-refractivity contribution in [2.75, 3.05) is 0 Å². The lowest BCUT2D eigenvalue weighted by atomic mass is 10.3. The number of hydrogen-bond donors (Lipinski definition) is 0.